The molecule has 1 heterocycles. The number of carbonyl (C=O) groups excluding carboxylic acids is 1. The lowest BCUT2D eigenvalue weighted by Gasteiger charge is -2.13. The molecule has 0 aliphatic rings. The van der Waals surface area contributed by atoms with E-state index in [1.165, 1.54) is 4.90 Å². The maximum Gasteiger partial charge on any atom is 0.272 e. The number of ether oxygens (including phenoxy) is 1. The first-order valence-corrected chi connectivity index (χ1v) is 6.19. The minimum absolute atomic E-state index is 0.173. The van der Waals surface area contributed by atoms with Crippen molar-refractivity contribution in [1.29, 1.82) is 0 Å². The number of aryl methyl sites for hydroxylation is 1. The summed E-state index contributed by atoms with van der Waals surface area (Å²) in [6.45, 7) is 1.92. The molecule has 0 unspecified atom stereocenters. The second kappa shape index (κ2) is 5.61. The second-order valence-electron chi connectivity index (χ2n) is 4.67. The van der Waals surface area contributed by atoms with Crippen molar-refractivity contribution in [2.24, 2.45) is 0 Å². The minimum atomic E-state index is -0.173. The van der Waals surface area contributed by atoms with Crippen LogP contribution in [0.3, 0.4) is 0 Å². The Kier molecular flexibility index (Phi) is 3.89. The van der Waals surface area contributed by atoms with E-state index in [1.54, 1.807) is 38.5 Å². The van der Waals surface area contributed by atoms with Crippen molar-refractivity contribution in [3.05, 3.63) is 47.8 Å². The second-order valence-corrected chi connectivity index (χ2v) is 4.67. The molecule has 0 fully saturated rings. The Labute approximate surface area is 118 Å². The first-order valence-electron chi connectivity index (χ1n) is 6.19. The molecule has 0 spiro atoms. The third-order valence-electron chi connectivity index (χ3n) is 2.82. The van der Waals surface area contributed by atoms with Crippen LogP contribution in [0.25, 0.3) is 0 Å². The molecule has 5 nitrogen and oxygen atoms in total. The van der Waals surface area contributed by atoms with E-state index >= 15 is 0 Å². The van der Waals surface area contributed by atoms with Gasteiger partial charge in [0.05, 0.1) is 5.69 Å². The van der Waals surface area contributed by atoms with Gasteiger partial charge in [0.15, 0.2) is 5.75 Å². The van der Waals surface area contributed by atoms with E-state index < -0.39 is 0 Å². The van der Waals surface area contributed by atoms with Gasteiger partial charge in [0.25, 0.3) is 5.91 Å². The Hall–Kier alpha value is -2.56. The first-order chi connectivity index (χ1) is 9.49. The lowest BCUT2D eigenvalue weighted by atomic mass is 10.2. The maximum atomic E-state index is 11.9. The fourth-order valence-electron chi connectivity index (χ4n) is 1.75. The highest BCUT2D eigenvalue weighted by Gasteiger charge is 2.12. The topological polar surface area (TPSA) is 68.5 Å². The number of hydrogen-bond donors (Lipinski definition) is 1. The molecule has 0 saturated heterocycles. The molecule has 2 aromatic rings. The van der Waals surface area contributed by atoms with Gasteiger partial charge in [0, 0.05) is 26.4 Å². The largest absolute Gasteiger partial charge is 0.455 e. The third-order valence-corrected chi connectivity index (χ3v) is 2.82. The molecular formula is C15H17N3O2. The van der Waals surface area contributed by atoms with Crippen LogP contribution < -0.4 is 10.5 Å². The molecule has 2 N–H and O–H groups in total. The van der Waals surface area contributed by atoms with E-state index in [2.05, 4.69) is 4.98 Å². The van der Waals surface area contributed by atoms with Crippen molar-refractivity contribution in [3.63, 3.8) is 0 Å². The predicted molar refractivity (Wildman–Crippen MR) is 77.9 cm³/mol. The Bertz CT molecular complexity index is 619. The lowest BCUT2D eigenvalue weighted by Crippen LogP contribution is -2.22. The molecule has 104 valence electrons. The highest BCUT2D eigenvalue weighted by molar-refractivity contribution is 5.92. The van der Waals surface area contributed by atoms with E-state index in [0.29, 0.717) is 22.9 Å². The number of hydrogen-bond acceptors (Lipinski definition) is 4. The predicted octanol–water partition coefficient (Wildman–Crippen LogP) is 2.47. The Balaban J connectivity index is 2.31. The molecule has 0 aliphatic heterocycles. The van der Waals surface area contributed by atoms with Crippen LogP contribution in [-0.4, -0.2) is 29.9 Å². The van der Waals surface area contributed by atoms with Crippen LogP contribution in [0.15, 0.2) is 36.5 Å². The fraction of sp³-hybridized carbons (Fsp3) is 0.200. The van der Waals surface area contributed by atoms with E-state index in [4.69, 9.17) is 10.5 Å². The number of para-hydroxylation sites is 1. The maximum absolute atomic E-state index is 11.9. The van der Waals surface area contributed by atoms with Crippen LogP contribution in [0.1, 0.15) is 16.1 Å². The smallest absolute Gasteiger partial charge is 0.272 e. The molecule has 0 saturated carbocycles. The summed E-state index contributed by atoms with van der Waals surface area (Å²) < 4.78 is 5.77. The zero-order valence-electron chi connectivity index (χ0n) is 11.8. The van der Waals surface area contributed by atoms with Gasteiger partial charge in [-0.25, -0.2) is 0 Å². The van der Waals surface area contributed by atoms with Gasteiger partial charge in [0.1, 0.15) is 11.4 Å². The average molecular weight is 271 g/mol. The normalized spacial score (nSPS) is 10.2. The quantitative estimate of drug-likeness (QED) is 0.871. The van der Waals surface area contributed by atoms with E-state index in [0.717, 1.165) is 5.56 Å². The van der Waals surface area contributed by atoms with E-state index in [9.17, 15) is 4.79 Å². The third kappa shape index (κ3) is 2.88. The number of anilines is 1. The number of carbonyl (C=O) groups is 1. The Morgan fingerprint density at radius 1 is 1.30 bits per heavy atom. The van der Waals surface area contributed by atoms with Crippen molar-refractivity contribution in [3.8, 4) is 11.5 Å². The minimum Gasteiger partial charge on any atom is -0.455 e. The number of amides is 1. The first kappa shape index (κ1) is 13.9. The van der Waals surface area contributed by atoms with Crippen LogP contribution in [0.4, 0.5) is 5.69 Å². The number of pyridine rings is 1. The lowest BCUT2D eigenvalue weighted by molar-refractivity contribution is 0.0821. The van der Waals surface area contributed by atoms with Crippen molar-refractivity contribution >= 4 is 11.6 Å². The number of benzene rings is 1. The highest BCUT2D eigenvalue weighted by Crippen LogP contribution is 2.30. The van der Waals surface area contributed by atoms with Crippen LogP contribution in [0, 0.1) is 6.92 Å². The summed E-state index contributed by atoms with van der Waals surface area (Å²) in [4.78, 5) is 17.4. The number of aromatic nitrogens is 1. The summed E-state index contributed by atoms with van der Waals surface area (Å²) in [5.41, 5.74) is 7.72. The number of nitrogens with two attached hydrogens (primary N) is 1. The number of rotatable bonds is 3. The molecular weight excluding hydrogens is 254 g/mol. The standard InChI is InChI=1S/C15H17N3O2/c1-10-5-4-6-12(16)14(10)20-11-7-8-17-13(9-11)15(19)18(2)3/h4-9H,16H2,1-3H3. The van der Waals surface area contributed by atoms with Crippen LogP contribution in [0.2, 0.25) is 0 Å². The summed E-state index contributed by atoms with van der Waals surface area (Å²) in [6, 6.07) is 8.85. The number of nitrogens with zero attached hydrogens (tertiary/aromatic N) is 2. The van der Waals surface area contributed by atoms with Gasteiger partial charge in [-0.2, -0.15) is 0 Å². The SMILES string of the molecule is Cc1cccc(N)c1Oc1ccnc(C(=O)N(C)C)c1. The van der Waals surface area contributed by atoms with Gasteiger partial charge in [0.2, 0.25) is 0 Å². The van der Waals surface area contributed by atoms with Gasteiger partial charge < -0.3 is 15.4 Å². The molecule has 0 radical (unpaired) electrons. The Morgan fingerprint density at radius 2 is 2.05 bits per heavy atom. The van der Waals surface area contributed by atoms with E-state index in [1.807, 2.05) is 19.1 Å². The molecule has 20 heavy (non-hydrogen) atoms. The number of nitrogen functional groups attached to an aromatic ring is 1. The fourth-order valence-corrected chi connectivity index (χ4v) is 1.75. The molecule has 1 amide bonds. The van der Waals surface area contributed by atoms with Crippen molar-refractivity contribution in [2.45, 2.75) is 6.92 Å². The zero-order chi connectivity index (χ0) is 14.7. The zero-order valence-corrected chi connectivity index (χ0v) is 11.8. The average Bonchev–Trinajstić information content (AvgIpc) is 2.42. The monoisotopic (exact) mass is 271 g/mol. The van der Waals surface area contributed by atoms with Crippen LogP contribution >= 0.6 is 0 Å². The summed E-state index contributed by atoms with van der Waals surface area (Å²) in [7, 11) is 3.35. The molecule has 1 aromatic carbocycles. The highest BCUT2D eigenvalue weighted by atomic mass is 16.5. The van der Waals surface area contributed by atoms with Crippen LogP contribution in [0.5, 0.6) is 11.5 Å². The molecule has 1 aromatic heterocycles. The van der Waals surface area contributed by atoms with Gasteiger partial charge in [-0.05, 0) is 24.6 Å². The molecule has 0 aliphatic carbocycles. The molecule has 0 atom stereocenters. The summed E-state index contributed by atoms with van der Waals surface area (Å²) in [6.07, 6.45) is 1.54. The van der Waals surface area contributed by atoms with Gasteiger partial charge in [-0.3, -0.25) is 9.78 Å². The van der Waals surface area contributed by atoms with Gasteiger partial charge in [-0.15, -0.1) is 0 Å². The molecule has 2 rings (SSSR count). The van der Waals surface area contributed by atoms with Crippen molar-refractivity contribution < 1.29 is 9.53 Å². The van der Waals surface area contributed by atoms with Gasteiger partial charge in [-0.1, -0.05) is 12.1 Å². The molecule has 0 bridgehead atoms. The van der Waals surface area contributed by atoms with Crippen LogP contribution in [-0.2, 0) is 0 Å². The van der Waals surface area contributed by atoms with Gasteiger partial charge >= 0.3 is 0 Å². The molecule has 5 heteroatoms. The van der Waals surface area contributed by atoms with Crippen molar-refractivity contribution in [1.82, 2.24) is 9.88 Å². The summed E-state index contributed by atoms with van der Waals surface area (Å²) >= 11 is 0. The summed E-state index contributed by atoms with van der Waals surface area (Å²) in [5.74, 6) is 0.960. The van der Waals surface area contributed by atoms with E-state index in [-0.39, 0.29) is 5.91 Å². The Morgan fingerprint density at radius 3 is 2.70 bits per heavy atom. The van der Waals surface area contributed by atoms with Crippen molar-refractivity contribution in [2.75, 3.05) is 19.8 Å². The summed E-state index contributed by atoms with van der Waals surface area (Å²) in [5, 5.41) is 0.